The Balaban J connectivity index is 3.24. The number of aliphatic carboxylic acids is 1. The van der Waals surface area contributed by atoms with Crippen molar-refractivity contribution in [2.75, 3.05) is 7.11 Å². The molecule has 0 aliphatic heterocycles. The maximum atomic E-state index is 11.1. The van der Waals surface area contributed by atoms with Crippen LogP contribution in [-0.2, 0) is 4.79 Å². The quantitative estimate of drug-likeness (QED) is 0.882. The highest BCUT2D eigenvalue weighted by atomic mass is 35.5. The van der Waals surface area contributed by atoms with Gasteiger partial charge in [0.15, 0.2) is 0 Å². The Bertz CT molecular complexity index is 401. The fraction of sp³-hybridized carbons (Fsp3) is 0.417. The van der Waals surface area contributed by atoms with Gasteiger partial charge in [-0.1, -0.05) is 24.6 Å². The van der Waals surface area contributed by atoms with Crippen LogP contribution in [0.3, 0.4) is 0 Å². The summed E-state index contributed by atoms with van der Waals surface area (Å²) in [4.78, 5) is 11.1. The third-order valence-corrected chi connectivity index (χ3v) is 3.06. The monoisotopic (exact) mass is 242 g/mol. The average Bonchev–Trinajstić information content (AvgIpc) is 2.23. The standard InChI is InChI=1S/C12H15ClO3/c1-4-9(12(14)15)8-5-7(2)11(13)10(6-8)16-3/h5-6,9H,4H2,1-3H3,(H,14,15). The second-order valence-corrected chi connectivity index (χ2v) is 4.03. The molecular formula is C12H15ClO3. The molecular weight excluding hydrogens is 228 g/mol. The summed E-state index contributed by atoms with van der Waals surface area (Å²) in [6.45, 7) is 3.68. The lowest BCUT2D eigenvalue weighted by molar-refractivity contribution is -0.138. The van der Waals surface area contributed by atoms with Gasteiger partial charge in [-0.25, -0.2) is 0 Å². The van der Waals surface area contributed by atoms with Crippen molar-refractivity contribution >= 4 is 17.6 Å². The molecule has 1 aromatic rings. The number of methoxy groups -OCH3 is 1. The lowest BCUT2D eigenvalue weighted by Crippen LogP contribution is -2.10. The largest absolute Gasteiger partial charge is 0.495 e. The summed E-state index contributed by atoms with van der Waals surface area (Å²) in [6.07, 6.45) is 0.541. The molecule has 0 aromatic heterocycles. The first-order valence-electron chi connectivity index (χ1n) is 5.08. The van der Waals surface area contributed by atoms with Crippen molar-refractivity contribution in [1.29, 1.82) is 0 Å². The van der Waals surface area contributed by atoms with Gasteiger partial charge in [-0.15, -0.1) is 0 Å². The lowest BCUT2D eigenvalue weighted by Gasteiger charge is -2.14. The van der Waals surface area contributed by atoms with Crippen LogP contribution in [0, 0.1) is 6.92 Å². The minimum Gasteiger partial charge on any atom is -0.495 e. The van der Waals surface area contributed by atoms with Crippen LogP contribution in [0.5, 0.6) is 5.75 Å². The zero-order chi connectivity index (χ0) is 12.3. The molecule has 0 spiro atoms. The smallest absolute Gasteiger partial charge is 0.310 e. The van der Waals surface area contributed by atoms with Crippen molar-refractivity contribution in [3.05, 3.63) is 28.3 Å². The highest BCUT2D eigenvalue weighted by Gasteiger charge is 2.19. The molecule has 0 aliphatic rings. The fourth-order valence-corrected chi connectivity index (χ4v) is 1.85. The molecule has 0 heterocycles. The van der Waals surface area contributed by atoms with Gasteiger partial charge >= 0.3 is 5.97 Å². The molecule has 1 N–H and O–H groups in total. The Kier molecular flexibility index (Phi) is 4.19. The van der Waals surface area contributed by atoms with Crippen LogP contribution >= 0.6 is 11.6 Å². The third-order valence-electron chi connectivity index (χ3n) is 2.57. The van der Waals surface area contributed by atoms with E-state index in [9.17, 15) is 4.79 Å². The zero-order valence-electron chi connectivity index (χ0n) is 9.58. The van der Waals surface area contributed by atoms with Crippen molar-refractivity contribution in [3.63, 3.8) is 0 Å². The molecule has 0 amide bonds. The number of rotatable bonds is 4. The number of carbonyl (C=O) groups is 1. The molecule has 1 unspecified atom stereocenters. The average molecular weight is 243 g/mol. The molecule has 1 atom stereocenters. The molecule has 0 fully saturated rings. The Morgan fingerprint density at radius 3 is 2.62 bits per heavy atom. The van der Waals surface area contributed by atoms with Gasteiger partial charge in [-0.3, -0.25) is 4.79 Å². The number of hydrogen-bond donors (Lipinski definition) is 1. The van der Waals surface area contributed by atoms with Gasteiger partial charge in [-0.2, -0.15) is 0 Å². The highest BCUT2D eigenvalue weighted by molar-refractivity contribution is 6.32. The number of aryl methyl sites for hydroxylation is 1. The molecule has 0 saturated carbocycles. The molecule has 0 aliphatic carbocycles. The first-order chi connectivity index (χ1) is 7.51. The lowest BCUT2D eigenvalue weighted by atomic mass is 9.95. The van der Waals surface area contributed by atoms with E-state index < -0.39 is 11.9 Å². The second-order valence-electron chi connectivity index (χ2n) is 3.65. The van der Waals surface area contributed by atoms with Crippen molar-refractivity contribution < 1.29 is 14.6 Å². The van der Waals surface area contributed by atoms with E-state index in [-0.39, 0.29) is 0 Å². The normalized spacial score (nSPS) is 12.2. The summed E-state index contributed by atoms with van der Waals surface area (Å²) in [7, 11) is 1.52. The van der Waals surface area contributed by atoms with Crippen LogP contribution in [0.4, 0.5) is 0 Å². The van der Waals surface area contributed by atoms with Crippen molar-refractivity contribution in [3.8, 4) is 5.75 Å². The van der Waals surface area contributed by atoms with Crippen LogP contribution in [0.15, 0.2) is 12.1 Å². The first-order valence-corrected chi connectivity index (χ1v) is 5.45. The number of halogens is 1. The van der Waals surface area contributed by atoms with Crippen LogP contribution < -0.4 is 4.74 Å². The first kappa shape index (κ1) is 12.8. The van der Waals surface area contributed by atoms with Gasteiger partial charge in [0.1, 0.15) is 5.75 Å². The topological polar surface area (TPSA) is 46.5 Å². The van der Waals surface area contributed by atoms with E-state index in [1.807, 2.05) is 13.8 Å². The summed E-state index contributed by atoms with van der Waals surface area (Å²) < 4.78 is 5.12. The predicted molar refractivity (Wildman–Crippen MR) is 63.4 cm³/mol. The number of carboxylic acid groups (broad SMARTS) is 1. The molecule has 16 heavy (non-hydrogen) atoms. The Morgan fingerprint density at radius 2 is 2.19 bits per heavy atom. The molecule has 0 radical (unpaired) electrons. The van der Waals surface area contributed by atoms with Gasteiger partial charge in [0.25, 0.3) is 0 Å². The van der Waals surface area contributed by atoms with E-state index in [0.717, 1.165) is 11.1 Å². The van der Waals surface area contributed by atoms with Crippen LogP contribution in [0.25, 0.3) is 0 Å². The molecule has 1 rings (SSSR count). The maximum absolute atomic E-state index is 11.1. The second kappa shape index (κ2) is 5.21. The highest BCUT2D eigenvalue weighted by Crippen LogP contribution is 2.33. The summed E-state index contributed by atoms with van der Waals surface area (Å²) in [5, 5.41) is 9.61. The summed E-state index contributed by atoms with van der Waals surface area (Å²) >= 11 is 6.02. The van der Waals surface area contributed by atoms with E-state index in [1.165, 1.54) is 7.11 Å². The Labute approximate surface area is 100.0 Å². The van der Waals surface area contributed by atoms with E-state index >= 15 is 0 Å². The third kappa shape index (κ3) is 2.47. The van der Waals surface area contributed by atoms with E-state index in [4.69, 9.17) is 21.4 Å². The molecule has 88 valence electrons. The van der Waals surface area contributed by atoms with E-state index in [2.05, 4.69) is 0 Å². The molecule has 4 heteroatoms. The van der Waals surface area contributed by atoms with Crippen molar-refractivity contribution in [2.24, 2.45) is 0 Å². The molecule has 1 aromatic carbocycles. The molecule has 3 nitrogen and oxygen atoms in total. The number of benzene rings is 1. The summed E-state index contributed by atoms with van der Waals surface area (Å²) in [6, 6.07) is 3.49. The number of ether oxygens (including phenoxy) is 1. The fourth-order valence-electron chi connectivity index (χ4n) is 1.67. The zero-order valence-corrected chi connectivity index (χ0v) is 10.3. The minimum absolute atomic E-state index is 0.509. The van der Waals surface area contributed by atoms with Crippen molar-refractivity contribution in [2.45, 2.75) is 26.2 Å². The van der Waals surface area contributed by atoms with Crippen LogP contribution in [-0.4, -0.2) is 18.2 Å². The van der Waals surface area contributed by atoms with Gasteiger partial charge in [0.2, 0.25) is 0 Å². The maximum Gasteiger partial charge on any atom is 0.310 e. The van der Waals surface area contributed by atoms with Crippen LogP contribution in [0.2, 0.25) is 5.02 Å². The van der Waals surface area contributed by atoms with Gasteiger partial charge in [0.05, 0.1) is 18.1 Å². The number of hydrogen-bond acceptors (Lipinski definition) is 2. The molecule has 0 saturated heterocycles. The predicted octanol–water partition coefficient (Wildman–Crippen LogP) is 3.24. The SMILES string of the molecule is CCC(C(=O)O)c1cc(C)c(Cl)c(OC)c1. The Hall–Kier alpha value is -1.22. The summed E-state index contributed by atoms with van der Waals surface area (Å²) in [5.41, 5.74) is 1.56. The summed E-state index contributed by atoms with van der Waals surface area (Å²) in [5.74, 6) is -0.812. The van der Waals surface area contributed by atoms with E-state index in [0.29, 0.717) is 17.2 Å². The minimum atomic E-state index is -0.828. The van der Waals surface area contributed by atoms with Crippen molar-refractivity contribution in [1.82, 2.24) is 0 Å². The van der Waals surface area contributed by atoms with Crippen LogP contribution in [0.1, 0.15) is 30.4 Å². The number of carboxylic acids is 1. The Morgan fingerprint density at radius 1 is 1.56 bits per heavy atom. The van der Waals surface area contributed by atoms with E-state index in [1.54, 1.807) is 12.1 Å². The molecule has 0 bridgehead atoms. The van der Waals surface area contributed by atoms with Gasteiger partial charge in [0, 0.05) is 0 Å². The van der Waals surface area contributed by atoms with Gasteiger partial charge in [-0.05, 0) is 30.5 Å². The van der Waals surface area contributed by atoms with Gasteiger partial charge < -0.3 is 9.84 Å².